The SMILES string of the molecule is O=S(=O)([O-])c1ccc2c(ccc3nn(-c4ccc(C=Cc5ccc(-n6nc7ccc8cc(S(=O)(=O)[O-])ccc8c7n6)cc5S(=O)(=O)[O-])c(S(=O)(=O)[O-])c4)nc32)c1.[Na+].[Na+].[Na+].[Na+]. The molecule has 0 aliphatic heterocycles. The van der Waals surface area contributed by atoms with E-state index in [9.17, 15) is 51.9 Å². The molecule has 2 heterocycles. The van der Waals surface area contributed by atoms with Crippen LogP contribution >= 0.6 is 0 Å². The largest absolute Gasteiger partial charge is 1.00 e. The first-order valence-corrected chi connectivity index (χ1v) is 21.3. The van der Waals surface area contributed by atoms with Crippen LogP contribution in [0.25, 0.3) is 67.1 Å². The summed E-state index contributed by atoms with van der Waals surface area (Å²) < 4.78 is 144. The molecule has 0 radical (unpaired) electrons. The van der Waals surface area contributed by atoms with Gasteiger partial charge in [-0.05, 0) is 82.6 Å². The Morgan fingerprint density at radius 2 is 0.783 bits per heavy atom. The topological polar surface area (TPSA) is 290 Å². The maximum absolute atomic E-state index is 12.4. The molecule has 6 aromatic carbocycles. The molecule has 0 saturated carbocycles. The van der Waals surface area contributed by atoms with Gasteiger partial charge in [0.25, 0.3) is 0 Å². The van der Waals surface area contributed by atoms with E-state index < -0.39 is 60.1 Å². The van der Waals surface area contributed by atoms with Crippen LogP contribution in [0.2, 0.25) is 0 Å². The summed E-state index contributed by atoms with van der Waals surface area (Å²) in [7, 11) is -19.8. The van der Waals surface area contributed by atoms with E-state index in [0.717, 1.165) is 46.0 Å². The third-order valence-corrected chi connectivity index (χ3v) is 12.1. The minimum Gasteiger partial charge on any atom is -0.744 e. The van der Waals surface area contributed by atoms with E-state index in [-0.39, 0.29) is 152 Å². The van der Waals surface area contributed by atoms with Crippen LogP contribution in [0.5, 0.6) is 0 Å². The van der Waals surface area contributed by atoms with Crippen molar-refractivity contribution in [1.29, 1.82) is 0 Å². The summed E-state index contributed by atoms with van der Waals surface area (Å²) in [5.41, 5.74) is 0.927. The van der Waals surface area contributed by atoms with Crippen molar-refractivity contribution in [2.24, 2.45) is 0 Å². The fourth-order valence-electron chi connectivity index (χ4n) is 6.09. The first kappa shape index (κ1) is 50.7. The smallest absolute Gasteiger partial charge is 0.744 e. The van der Waals surface area contributed by atoms with E-state index in [1.807, 2.05) is 0 Å². The van der Waals surface area contributed by atoms with Gasteiger partial charge in [-0.2, -0.15) is 9.59 Å². The first-order chi connectivity index (χ1) is 26.2. The van der Waals surface area contributed by atoms with Gasteiger partial charge in [0.1, 0.15) is 62.5 Å². The zero-order chi connectivity index (χ0) is 39.9. The molecule has 8 aromatic rings. The molecule has 0 fully saturated rings. The average molecular weight is 923 g/mol. The molecule has 0 atom stereocenters. The van der Waals surface area contributed by atoms with Gasteiger partial charge in [0.05, 0.1) is 31.0 Å². The molecule has 0 unspecified atom stereocenters. The Morgan fingerprint density at radius 1 is 0.417 bits per heavy atom. The van der Waals surface area contributed by atoms with Crippen LogP contribution in [-0.4, -0.2) is 81.9 Å². The maximum Gasteiger partial charge on any atom is 1.00 e. The van der Waals surface area contributed by atoms with Gasteiger partial charge in [0, 0.05) is 10.8 Å². The summed E-state index contributed by atoms with van der Waals surface area (Å²) in [5.74, 6) is 0. The molecule has 60 heavy (non-hydrogen) atoms. The molecular formula is C34H18N6Na4O12S4. The van der Waals surface area contributed by atoms with Crippen LogP contribution in [0, 0.1) is 0 Å². The Hall–Kier alpha value is -1.98. The minimum absolute atomic E-state index is 0. The van der Waals surface area contributed by atoms with Crippen molar-refractivity contribution in [2.75, 3.05) is 0 Å². The number of hydrogen-bond acceptors (Lipinski definition) is 16. The van der Waals surface area contributed by atoms with E-state index >= 15 is 0 Å². The van der Waals surface area contributed by atoms with Crippen molar-refractivity contribution >= 4 is 96.2 Å². The van der Waals surface area contributed by atoms with Crippen LogP contribution in [0.1, 0.15) is 11.1 Å². The second kappa shape index (κ2) is 18.6. The minimum atomic E-state index is -5.17. The standard InChI is InChI=1S/C34H22N6O12S4.4Na/c41-53(42,43)25-9-11-27-21(15-25)5-13-29-33(27)37-39(35-29)23-7-3-19(31(17-23)55(47,48)49)1-2-20-4-8-24(18-32(20)56(50,51)52)40-36-30-14-6-22-16-26(54(44,45)46)10-12-28(22)34(30)38-40;;;;/h1-18H,(H,41,42,43)(H,44,45,46)(H,47,48,49)(H,50,51,52);;;;/q;4*+1/p-4. The van der Waals surface area contributed by atoms with Gasteiger partial charge < -0.3 is 18.2 Å². The van der Waals surface area contributed by atoms with Crippen molar-refractivity contribution < 1.29 is 170 Å². The predicted octanol–water partition coefficient (Wildman–Crippen LogP) is -8.74. The van der Waals surface area contributed by atoms with Crippen molar-refractivity contribution in [1.82, 2.24) is 30.0 Å². The Kier molecular flexibility index (Phi) is 15.7. The van der Waals surface area contributed by atoms with Gasteiger partial charge in [-0.25, -0.2) is 33.7 Å². The molecule has 0 bridgehead atoms. The molecule has 0 spiro atoms. The van der Waals surface area contributed by atoms with E-state index in [0.29, 0.717) is 32.6 Å². The van der Waals surface area contributed by atoms with E-state index in [4.69, 9.17) is 0 Å². The summed E-state index contributed by atoms with van der Waals surface area (Å²) in [6.45, 7) is 0. The maximum atomic E-state index is 12.4. The fourth-order valence-corrected chi connectivity index (χ4v) is 8.49. The second-order valence-electron chi connectivity index (χ2n) is 12.2. The molecule has 0 N–H and O–H groups in total. The Labute approximate surface area is 429 Å². The third kappa shape index (κ3) is 10.2. The summed E-state index contributed by atoms with van der Waals surface area (Å²) in [6.07, 6.45) is 2.26. The van der Waals surface area contributed by atoms with Crippen LogP contribution in [-0.2, 0) is 40.5 Å². The molecule has 2 aromatic heterocycles. The molecule has 8 rings (SSSR count). The quantitative estimate of drug-likeness (QED) is 0.0777. The Balaban J connectivity index is 0.00000198. The summed E-state index contributed by atoms with van der Waals surface area (Å²) in [6, 6.07) is 20.7. The molecule has 0 amide bonds. The number of rotatable bonds is 8. The molecule has 0 aliphatic carbocycles. The number of fused-ring (bicyclic) bond motifs is 6. The molecular weight excluding hydrogens is 905 g/mol. The summed E-state index contributed by atoms with van der Waals surface area (Å²) in [4.78, 5) is -0.249. The van der Waals surface area contributed by atoms with E-state index in [2.05, 4.69) is 20.4 Å². The van der Waals surface area contributed by atoms with Gasteiger partial charge in [0.15, 0.2) is 0 Å². The van der Waals surface area contributed by atoms with Crippen LogP contribution in [0.4, 0.5) is 0 Å². The monoisotopic (exact) mass is 922 g/mol. The van der Waals surface area contributed by atoms with Gasteiger partial charge in [-0.15, -0.1) is 20.4 Å². The molecule has 0 aliphatic rings. The zero-order valence-electron chi connectivity index (χ0n) is 31.6. The normalized spacial score (nSPS) is 12.3. The Morgan fingerprint density at radius 3 is 1.12 bits per heavy atom. The fraction of sp³-hybridized carbons (Fsp3) is 0. The third-order valence-electron chi connectivity index (χ3n) is 8.69. The molecule has 284 valence electrons. The van der Waals surface area contributed by atoms with Crippen molar-refractivity contribution in [3.8, 4) is 11.4 Å². The second-order valence-corrected chi connectivity index (χ2v) is 17.7. The number of benzene rings is 6. The van der Waals surface area contributed by atoms with Crippen molar-refractivity contribution in [2.45, 2.75) is 19.6 Å². The van der Waals surface area contributed by atoms with Gasteiger partial charge in [-0.1, -0.05) is 48.6 Å². The predicted molar refractivity (Wildman–Crippen MR) is 194 cm³/mol. The van der Waals surface area contributed by atoms with Crippen LogP contribution < -0.4 is 118 Å². The molecule has 0 saturated heterocycles. The van der Waals surface area contributed by atoms with Gasteiger partial charge in [0.2, 0.25) is 0 Å². The van der Waals surface area contributed by atoms with Gasteiger partial charge in [-0.3, -0.25) is 0 Å². The van der Waals surface area contributed by atoms with Crippen LogP contribution in [0.3, 0.4) is 0 Å². The number of aromatic nitrogens is 6. The number of nitrogens with zero attached hydrogens (tertiary/aromatic N) is 6. The average Bonchev–Trinajstić information content (AvgIpc) is 3.77. The first-order valence-electron chi connectivity index (χ1n) is 15.6. The van der Waals surface area contributed by atoms with Gasteiger partial charge >= 0.3 is 118 Å². The summed E-state index contributed by atoms with van der Waals surface area (Å²) >= 11 is 0. The van der Waals surface area contributed by atoms with E-state index in [1.54, 1.807) is 0 Å². The molecule has 18 nitrogen and oxygen atoms in total. The number of hydrogen-bond donors (Lipinski definition) is 0. The van der Waals surface area contributed by atoms with Crippen molar-refractivity contribution in [3.05, 3.63) is 108 Å². The zero-order valence-corrected chi connectivity index (χ0v) is 42.9. The Bertz CT molecular complexity index is 3280. The van der Waals surface area contributed by atoms with Crippen molar-refractivity contribution in [3.63, 3.8) is 0 Å². The summed E-state index contributed by atoms with van der Waals surface area (Å²) in [5, 5.41) is 19.0. The molecule has 26 heteroatoms. The van der Waals surface area contributed by atoms with Crippen LogP contribution in [0.15, 0.2) is 117 Å². The van der Waals surface area contributed by atoms with E-state index in [1.165, 1.54) is 72.8 Å².